The van der Waals surface area contributed by atoms with Gasteiger partial charge in [0.25, 0.3) is 0 Å². The van der Waals surface area contributed by atoms with Crippen LogP contribution in [0.25, 0.3) is 33.4 Å². The van der Waals surface area contributed by atoms with Gasteiger partial charge < -0.3 is 9.47 Å². The van der Waals surface area contributed by atoms with Crippen LogP contribution in [0.1, 0.15) is 31.8 Å². The molecule has 4 nitrogen and oxygen atoms in total. The third kappa shape index (κ3) is 3.61. The Kier molecular flexibility index (Phi) is 5.85. The fourth-order valence-corrected chi connectivity index (χ4v) is 5.36. The number of ether oxygens (including phenoxy) is 2. The Morgan fingerprint density at radius 3 is 1.37 bits per heavy atom. The molecule has 0 unspecified atom stereocenters. The topological polar surface area (TPSA) is 52.6 Å². The lowest BCUT2D eigenvalue weighted by Gasteiger charge is -2.27. The fraction of sp³-hybridized carbons (Fsp3) is 0.0588. The monoisotopic (exact) mass is 496 g/mol. The van der Waals surface area contributed by atoms with E-state index in [1.54, 1.807) is 38.5 Å². The predicted molar refractivity (Wildman–Crippen MR) is 149 cm³/mol. The molecule has 0 amide bonds. The summed E-state index contributed by atoms with van der Waals surface area (Å²) in [5, 5.41) is 0. The van der Waals surface area contributed by atoms with E-state index in [1.807, 2.05) is 84.9 Å². The van der Waals surface area contributed by atoms with Crippen LogP contribution < -0.4 is 9.47 Å². The number of ketones is 2. The Morgan fingerprint density at radius 1 is 0.421 bits per heavy atom. The molecule has 184 valence electrons. The molecule has 38 heavy (non-hydrogen) atoms. The van der Waals surface area contributed by atoms with Crippen LogP contribution in [0.5, 0.6) is 11.5 Å². The summed E-state index contributed by atoms with van der Waals surface area (Å²) in [6.45, 7) is 0. The molecule has 5 aromatic rings. The lowest BCUT2D eigenvalue weighted by atomic mass is 9.74. The summed E-state index contributed by atoms with van der Waals surface area (Å²) in [6.07, 6.45) is 0. The number of para-hydroxylation sites is 2. The molecule has 0 saturated carbocycles. The van der Waals surface area contributed by atoms with E-state index >= 15 is 0 Å². The molecule has 1 aliphatic rings. The standard InChI is InChI=1S/C34H24O4/c1-37-28-18-10-8-14-22(28)26-20-27(23-15-9-11-19-29(23)38-2)31-32(30(26)21-12-4-3-5-13-21)34(36)25-17-7-6-16-24(25)33(31)35/h3-20H,1-2H3. The molecule has 0 aliphatic heterocycles. The van der Waals surface area contributed by atoms with Crippen molar-refractivity contribution >= 4 is 11.6 Å². The normalized spacial score (nSPS) is 12.1. The van der Waals surface area contributed by atoms with Crippen LogP contribution in [-0.4, -0.2) is 25.8 Å². The summed E-state index contributed by atoms with van der Waals surface area (Å²) in [5.74, 6) is 0.930. The van der Waals surface area contributed by atoms with E-state index < -0.39 is 0 Å². The highest BCUT2D eigenvalue weighted by Gasteiger charge is 2.36. The van der Waals surface area contributed by atoms with Crippen LogP contribution in [0.3, 0.4) is 0 Å². The van der Waals surface area contributed by atoms with Gasteiger partial charge in [0, 0.05) is 38.9 Å². The van der Waals surface area contributed by atoms with Gasteiger partial charge in [0.15, 0.2) is 11.6 Å². The molecule has 6 rings (SSSR count). The van der Waals surface area contributed by atoms with Crippen LogP contribution in [0.15, 0.2) is 109 Å². The Balaban J connectivity index is 1.83. The zero-order valence-corrected chi connectivity index (χ0v) is 21.0. The molecule has 0 atom stereocenters. The lowest BCUT2D eigenvalue weighted by molar-refractivity contribution is 0.0980. The van der Waals surface area contributed by atoms with E-state index in [0.717, 1.165) is 22.3 Å². The maximum atomic E-state index is 14.3. The third-order valence-electron chi connectivity index (χ3n) is 7.05. The summed E-state index contributed by atoms with van der Waals surface area (Å²) in [4.78, 5) is 28.5. The molecule has 0 fully saturated rings. The highest BCUT2D eigenvalue weighted by Crippen LogP contribution is 2.48. The van der Waals surface area contributed by atoms with E-state index in [9.17, 15) is 9.59 Å². The SMILES string of the molecule is COc1ccccc1-c1cc(-c2ccccc2OC)c(-c2ccccc2)c2c1C(=O)c1ccccc1C2=O. The van der Waals surface area contributed by atoms with Crippen molar-refractivity contribution in [2.45, 2.75) is 0 Å². The molecular formula is C34H24O4. The number of rotatable bonds is 5. The molecule has 0 N–H and O–H groups in total. The second kappa shape index (κ2) is 9.49. The highest BCUT2D eigenvalue weighted by atomic mass is 16.5. The zero-order valence-electron chi connectivity index (χ0n) is 21.0. The molecule has 0 heterocycles. The molecule has 0 radical (unpaired) electrons. The van der Waals surface area contributed by atoms with Crippen LogP contribution in [-0.2, 0) is 0 Å². The van der Waals surface area contributed by atoms with Gasteiger partial charge in [-0.2, -0.15) is 0 Å². The number of methoxy groups -OCH3 is 2. The summed E-state index contributed by atoms with van der Waals surface area (Å²) >= 11 is 0. The molecule has 5 aromatic carbocycles. The molecule has 0 spiro atoms. The van der Waals surface area contributed by atoms with E-state index in [-0.39, 0.29) is 11.6 Å². The van der Waals surface area contributed by atoms with Crippen molar-refractivity contribution in [2.75, 3.05) is 14.2 Å². The van der Waals surface area contributed by atoms with Gasteiger partial charge >= 0.3 is 0 Å². The summed E-state index contributed by atoms with van der Waals surface area (Å²) in [5.41, 5.74) is 6.15. The van der Waals surface area contributed by atoms with Crippen molar-refractivity contribution in [3.8, 4) is 44.9 Å². The first-order valence-electron chi connectivity index (χ1n) is 12.4. The predicted octanol–water partition coefficient (Wildman–Crippen LogP) is 7.48. The number of hydrogen-bond donors (Lipinski definition) is 0. The largest absolute Gasteiger partial charge is 0.496 e. The third-order valence-corrected chi connectivity index (χ3v) is 7.05. The van der Waals surface area contributed by atoms with Gasteiger partial charge in [-0.05, 0) is 34.9 Å². The highest BCUT2D eigenvalue weighted by molar-refractivity contribution is 6.33. The second-order valence-corrected chi connectivity index (χ2v) is 9.07. The molecule has 0 bridgehead atoms. The van der Waals surface area contributed by atoms with Crippen molar-refractivity contribution in [1.82, 2.24) is 0 Å². The van der Waals surface area contributed by atoms with Gasteiger partial charge in [-0.25, -0.2) is 0 Å². The van der Waals surface area contributed by atoms with Gasteiger partial charge in [0.2, 0.25) is 0 Å². The van der Waals surface area contributed by atoms with Crippen molar-refractivity contribution in [2.24, 2.45) is 0 Å². The molecule has 0 aromatic heterocycles. The van der Waals surface area contributed by atoms with E-state index in [1.165, 1.54) is 0 Å². The Hall–Kier alpha value is -4.96. The first kappa shape index (κ1) is 23.4. The number of hydrogen-bond acceptors (Lipinski definition) is 4. The minimum atomic E-state index is -0.181. The second-order valence-electron chi connectivity index (χ2n) is 9.07. The number of fused-ring (bicyclic) bond motifs is 2. The van der Waals surface area contributed by atoms with Gasteiger partial charge in [0.1, 0.15) is 11.5 Å². The van der Waals surface area contributed by atoms with E-state index in [0.29, 0.717) is 44.9 Å². The number of carbonyl (C=O) groups excluding carboxylic acids is 2. The average Bonchev–Trinajstić information content (AvgIpc) is 2.99. The van der Waals surface area contributed by atoms with Crippen molar-refractivity contribution in [3.63, 3.8) is 0 Å². The summed E-state index contributed by atoms with van der Waals surface area (Å²) < 4.78 is 11.5. The first-order chi connectivity index (χ1) is 18.6. The maximum absolute atomic E-state index is 14.3. The van der Waals surface area contributed by atoms with Gasteiger partial charge in [-0.3, -0.25) is 9.59 Å². The summed E-state index contributed by atoms with van der Waals surface area (Å²) in [6, 6.07) is 34.1. The fourth-order valence-electron chi connectivity index (χ4n) is 5.36. The first-order valence-corrected chi connectivity index (χ1v) is 12.4. The Labute approximate surface area is 221 Å². The summed E-state index contributed by atoms with van der Waals surface area (Å²) in [7, 11) is 3.23. The number of benzene rings is 5. The van der Waals surface area contributed by atoms with Crippen LogP contribution in [0, 0.1) is 0 Å². The molecular weight excluding hydrogens is 472 g/mol. The van der Waals surface area contributed by atoms with Crippen LogP contribution in [0.2, 0.25) is 0 Å². The van der Waals surface area contributed by atoms with Crippen molar-refractivity contribution < 1.29 is 19.1 Å². The smallest absolute Gasteiger partial charge is 0.195 e. The average molecular weight is 497 g/mol. The molecule has 0 saturated heterocycles. The van der Waals surface area contributed by atoms with E-state index in [2.05, 4.69) is 0 Å². The van der Waals surface area contributed by atoms with Gasteiger partial charge in [0.05, 0.1) is 14.2 Å². The van der Waals surface area contributed by atoms with Crippen LogP contribution in [0.4, 0.5) is 0 Å². The lowest BCUT2D eigenvalue weighted by Crippen LogP contribution is -2.23. The Bertz CT molecular complexity index is 1720. The van der Waals surface area contributed by atoms with Crippen molar-refractivity contribution in [3.05, 3.63) is 131 Å². The Morgan fingerprint density at radius 2 is 0.842 bits per heavy atom. The van der Waals surface area contributed by atoms with Gasteiger partial charge in [-0.15, -0.1) is 0 Å². The minimum Gasteiger partial charge on any atom is -0.496 e. The quantitative estimate of drug-likeness (QED) is 0.248. The molecule has 1 aliphatic carbocycles. The minimum absolute atomic E-state index is 0.179. The van der Waals surface area contributed by atoms with E-state index in [4.69, 9.17) is 9.47 Å². The maximum Gasteiger partial charge on any atom is 0.195 e. The van der Waals surface area contributed by atoms with Crippen LogP contribution >= 0.6 is 0 Å². The zero-order chi connectivity index (χ0) is 26.2. The molecule has 4 heteroatoms. The van der Waals surface area contributed by atoms with Gasteiger partial charge in [-0.1, -0.05) is 91.0 Å². The number of carbonyl (C=O) groups is 2. The van der Waals surface area contributed by atoms with Crippen molar-refractivity contribution in [1.29, 1.82) is 0 Å².